The fourth-order valence-electron chi connectivity index (χ4n) is 1.78. The van der Waals surface area contributed by atoms with Crippen molar-refractivity contribution < 1.29 is 0 Å². The Balaban J connectivity index is 2.37. The van der Waals surface area contributed by atoms with Gasteiger partial charge in [0, 0.05) is 19.4 Å². The molecule has 0 bridgehead atoms. The van der Waals surface area contributed by atoms with Gasteiger partial charge in [-0.05, 0) is 19.4 Å². The molecule has 0 radical (unpaired) electrons. The first-order chi connectivity index (χ1) is 7.81. The summed E-state index contributed by atoms with van der Waals surface area (Å²) in [5.74, 6) is 2.09. The maximum absolute atomic E-state index is 5.46. The molecule has 0 atom stereocenters. The molecule has 1 aromatic heterocycles. The van der Waals surface area contributed by atoms with Crippen molar-refractivity contribution >= 4 is 0 Å². The van der Waals surface area contributed by atoms with Gasteiger partial charge >= 0.3 is 0 Å². The van der Waals surface area contributed by atoms with Gasteiger partial charge in [0.1, 0.15) is 5.82 Å². The first-order valence-corrected chi connectivity index (χ1v) is 6.44. The lowest BCUT2D eigenvalue weighted by atomic mass is 10.2. The summed E-state index contributed by atoms with van der Waals surface area (Å²) in [6.45, 7) is 6.04. The summed E-state index contributed by atoms with van der Waals surface area (Å²) in [5.41, 5.74) is 5.46. The zero-order valence-electron chi connectivity index (χ0n) is 10.6. The Labute approximate surface area is 98.2 Å². The molecule has 0 saturated carbocycles. The molecule has 1 heterocycles. The summed E-state index contributed by atoms with van der Waals surface area (Å²) in [5, 5.41) is 4.50. The third-order valence-electron chi connectivity index (χ3n) is 2.75. The molecule has 0 fully saturated rings. The lowest BCUT2D eigenvalue weighted by Crippen LogP contribution is -2.05. The van der Waals surface area contributed by atoms with Gasteiger partial charge in [-0.1, -0.05) is 26.7 Å². The number of aromatic nitrogens is 3. The van der Waals surface area contributed by atoms with E-state index < -0.39 is 0 Å². The Morgan fingerprint density at radius 3 is 2.44 bits per heavy atom. The minimum absolute atomic E-state index is 0.809. The van der Waals surface area contributed by atoms with Crippen molar-refractivity contribution in [2.75, 3.05) is 6.54 Å². The lowest BCUT2D eigenvalue weighted by Gasteiger charge is -2.03. The van der Waals surface area contributed by atoms with E-state index in [2.05, 4.69) is 28.6 Å². The average Bonchev–Trinajstić information content (AvgIpc) is 2.71. The van der Waals surface area contributed by atoms with Gasteiger partial charge in [0.15, 0.2) is 5.82 Å². The van der Waals surface area contributed by atoms with Crippen LogP contribution in [0.2, 0.25) is 0 Å². The van der Waals surface area contributed by atoms with Gasteiger partial charge in [0.2, 0.25) is 0 Å². The van der Waals surface area contributed by atoms with E-state index in [-0.39, 0.29) is 0 Å². The van der Waals surface area contributed by atoms with Crippen LogP contribution in [0.15, 0.2) is 0 Å². The summed E-state index contributed by atoms with van der Waals surface area (Å²) < 4.78 is 2.07. The third kappa shape index (κ3) is 3.93. The largest absolute Gasteiger partial charge is 0.330 e. The Kier molecular flexibility index (Phi) is 6.08. The predicted octanol–water partition coefficient (Wildman–Crippen LogP) is 1.92. The highest BCUT2D eigenvalue weighted by Crippen LogP contribution is 2.05. The van der Waals surface area contributed by atoms with Crippen LogP contribution in [-0.4, -0.2) is 21.3 Å². The number of aryl methyl sites for hydroxylation is 3. The molecule has 0 unspecified atom stereocenters. The van der Waals surface area contributed by atoms with Gasteiger partial charge in [-0.3, -0.25) is 0 Å². The first-order valence-electron chi connectivity index (χ1n) is 6.44. The van der Waals surface area contributed by atoms with Crippen LogP contribution in [0, 0.1) is 0 Å². The van der Waals surface area contributed by atoms with E-state index >= 15 is 0 Å². The standard InChI is InChI=1S/C12H24N4/c1-3-11-14-12(4-2)16(15-11)10-8-6-5-7-9-13/h3-10,13H2,1-2H3. The van der Waals surface area contributed by atoms with Gasteiger partial charge in [-0.25, -0.2) is 9.67 Å². The van der Waals surface area contributed by atoms with E-state index in [0.29, 0.717) is 0 Å². The highest BCUT2D eigenvalue weighted by Gasteiger charge is 2.05. The zero-order chi connectivity index (χ0) is 11.8. The van der Waals surface area contributed by atoms with Crippen LogP contribution in [0.4, 0.5) is 0 Å². The molecule has 0 aromatic carbocycles. The number of rotatable bonds is 8. The van der Waals surface area contributed by atoms with Gasteiger partial charge < -0.3 is 5.73 Å². The monoisotopic (exact) mass is 224 g/mol. The highest BCUT2D eigenvalue weighted by atomic mass is 15.3. The van der Waals surface area contributed by atoms with Crippen molar-refractivity contribution in [3.05, 3.63) is 11.6 Å². The van der Waals surface area contributed by atoms with Gasteiger partial charge in [0.25, 0.3) is 0 Å². The summed E-state index contributed by atoms with van der Waals surface area (Å²) in [7, 11) is 0. The molecule has 0 aliphatic rings. The van der Waals surface area contributed by atoms with Crippen LogP contribution in [0.1, 0.15) is 51.2 Å². The zero-order valence-corrected chi connectivity index (χ0v) is 10.6. The molecule has 2 N–H and O–H groups in total. The minimum Gasteiger partial charge on any atom is -0.330 e. The normalized spacial score (nSPS) is 10.9. The fraction of sp³-hybridized carbons (Fsp3) is 0.833. The topological polar surface area (TPSA) is 56.7 Å². The lowest BCUT2D eigenvalue weighted by molar-refractivity contribution is 0.517. The van der Waals surface area contributed by atoms with Crippen molar-refractivity contribution in [3.8, 4) is 0 Å². The van der Waals surface area contributed by atoms with E-state index in [4.69, 9.17) is 5.73 Å². The van der Waals surface area contributed by atoms with E-state index in [9.17, 15) is 0 Å². The summed E-state index contributed by atoms with van der Waals surface area (Å²) in [6.07, 6.45) is 6.68. The molecule has 4 heteroatoms. The maximum Gasteiger partial charge on any atom is 0.150 e. The molecular weight excluding hydrogens is 200 g/mol. The van der Waals surface area contributed by atoms with Crippen LogP contribution in [-0.2, 0) is 19.4 Å². The Hall–Kier alpha value is -0.900. The second-order valence-corrected chi connectivity index (χ2v) is 4.08. The van der Waals surface area contributed by atoms with Crippen molar-refractivity contribution in [3.63, 3.8) is 0 Å². The highest BCUT2D eigenvalue weighted by molar-refractivity contribution is 4.92. The van der Waals surface area contributed by atoms with Crippen molar-refractivity contribution in [1.29, 1.82) is 0 Å². The van der Waals surface area contributed by atoms with E-state index in [1.807, 2.05) is 0 Å². The smallest absolute Gasteiger partial charge is 0.150 e. The molecule has 92 valence electrons. The molecule has 0 spiro atoms. The number of nitrogens with two attached hydrogens (primary N) is 1. The molecule has 1 rings (SSSR count). The molecule has 1 aromatic rings. The van der Waals surface area contributed by atoms with Crippen LogP contribution >= 0.6 is 0 Å². The van der Waals surface area contributed by atoms with Crippen molar-refractivity contribution in [1.82, 2.24) is 14.8 Å². The van der Waals surface area contributed by atoms with Gasteiger partial charge in [-0.2, -0.15) is 5.10 Å². The molecule has 0 aliphatic carbocycles. The van der Waals surface area contributed by atoms with E-state index in [1.54, 1.807) is 0 Å². The quantitative estimate of drug-likeness (QED) is 0.686. The second kappa shape index (κ2) is 7.39. The summed E-state index contributed by atoms with van der Waals surface area (Å²) >= 11 is 0. The minimum atomic E-state index is 0.809. The van der Waals surface area contributed by atoms with E-state index in [1.165, 1.54) is 19.3 Å². The molecule has 0 amide bonds. The Morgan fingerprint density at radius 2 is 1.81 bits per heavy atom. The van der Waals surface area contributed by atoms with Crippen LogP contribution in [0.25, 0.3) is 0 Å². The third-order valence-corrected chi connectivity index (χ3v) is 2.75. The number of hydrogen-bond acceptors (Lipinski definition) is 3. The van der Waals surface area contributed by atoms with Crippen LogP contribution in [0.5, 0.6) is 0 Å². The van der Waals surface area contributed by atoms with Crippen molar-refractivity contribution in [2.24, 2.45) is 5.73 Å². The van der Waals surface area contributed by atoms with Crippen molar-refractivity contribution in [2.45, 2.75) is 58.9 Å². The predicted molar refractivity (Wildman–Crippen MR) is 66.3 cm³/mol. The number of unbranched alkanes of at least 4 members (excludes halogenated alkanes) is 3. The van der Waals surface area contributed by atoms with Gasteiger partial charge in [0.05, 0.1) is 0 Å². The summed E-state index contributed by atoms with van der Waals surface area (Å²) in [6, 6.07) is 0. The molecule has 4 nitrogen and oxygen atoms in total. The number of hydrogen-bond donors (Lipinski definition) is 1. The molecule has 0 saturated heterocycles. The molecular formula is C12H24N4. The SMILES string of the molecule is CCc1nc(CC)n(CCCCCCN)n1. The maximum atomic E-state index is 5.46. The molecule has 0 aliphatic heterocycles. The van der Waals surface area contributed by atoms with E-state index in [0.717, 1.165) is 44.0 Å². The van der Waals surface area contributed by atoms with Gasteiger partial charge in [-0.15, -0.1) is 0 Å². The van der Waals surface area contributed by atoms with Crippen LogP contribution < -0.4 is 5.73 Å². The Bertz CT molecular complexity index is 293. The fourth-order valence-corrected chi connectivity index (χ4v) is 1.78. The average molecular weight is 224 g/mol. The molecule has 16 heavy (non-hydrogen) atoms. The number of nitrogens with zero attached hydrogens (tertiary/aromatic N) is 3. The Morgan fingerprint density at radius 1 is 1.06 bits per heavy atom. The van der Waals surface area contributed by atoms with Crippen LogP contribution in [0.3, 0.4) is 0 Å². The first kappa shape index (κ1) is 13.2. The summed E-state index contributed by atoms with van der Waals surface area (Å²) in [4.78, 5) is 4.49. The second-order valence-electron chi connectivity index (χ2n) is 4.08.